The van der Waals surface area contributed by atoms with Gasteiger partial charge in [-0.1, -0.05) is 48.6 Å². The van der Waals surface area contributed by atoms with Gasteiger partial charge in [0.1, 0.15) is 34.4 Å². The summed E-state index contributed by atoms with van der Waals surface area (Å²) in [5.41, 5.74) is 3.21. The van der Waals surface area contributed by atoms with Crippen LogP contribution in [-0.4, -0.2) is 98.0 Å². The summed E-state index contributed by atoms with van der Waals surface area (Å²) in [5.74, 6) is 4.86. The predicted molar refractivity (Wildman–Crippen MR) is 222 cm³/mol. The van der Waals surface area contributed by atoms with Crippen LogP contribution < -0.4 is 19.1 Å². The number of carbonyl (C=O) groups excluding carboxylic acids is 2. The molecule has 2 bridgehead atoms. The van der Waals surface area contributed by atoms with Crippen molar-refractivity contribution in [2.24, 2.45) is 29.2 Å². The lowest BCUT2D eigenvalue weighted by Gasteiger charge is -2.46. The molecule has 3 heterocycles. The predicted octanol–water partition coefficient (Wildman–Crippen LogP) is 5.79. The quantitative estimate of drug-likeness (QED) is 0.230. The highest BCUT2D eigenvalue weighted by Crippen LogP contribution is 2.47. The number of fused-ring (bicyclic) bond motifs is 4. The van der Waals surface area contributed by atoms with Crippen LogP contribution in [0.2, 0.25) is 5.02 Å². The van der Waals surface area contributed by atoms with Gasteiger partial charge in [0.05, 0.1) is 37.4 Å². The third kappa shape index (κ3) is 8.94. The maximum Gasteiger partial charge on any atom is 0.286 e. The normalized spacial score (nSPS) is 28.1. The van der Waals surface area contributed by atoms with Crippen molar-refractivity contribution in [2.75, 3.05) is 64.9 Å². The standard InChI is InChI=1S/C43H52ClN5O8S/c1-28-25-58(52,47-41(51)34-24-48(2)45-42(34)55-5)46-40(50)30-11-15-39-36(22-30)49(26-43(27-57-39)18-8-9-29-21-32(44)12-14-35(29)43)23-31-10-13-33(31)38(54-4)17-16-37(28)56-20-7-6-19-53-3/h11-12,14-17,21-22,24,28,31,33,37-38H,8-10,13,18-20,23,25-27H2,1-5H3,(H,46,47,50,51,52)/t28-,31+,33-,37+,38+,43+,58?/m1/s1. The van der Waals surface area contributed by atoms with E-state index in [1.165, 1.54) is 29.1 Å². The van der Waals surface area contributed by atoms with E-state index in [-0.39, 0.29) is 59.3 Å². The second-order valence-electron chi connectivity index (χ2n) is 15.8. The zero-order valence-electron chi connectivity index (χ0n) is 33.7. The topological polar surface area (TPSA) is 143 Å². The average molecular weight is 834 g/mol. The van der Waals surface area contributed by atoms with Gasteiger partial charge in [0.2, 0.25) is 5.88 Å². The summed E-state index contributed by atoms with van der Waals surface area (Å²) in [6.07, 6.45) is 9.44. The van der Waals surface area contributed by atoms with Crippen LogP contribution in [-0.2, 0) is 43.0 Å². The molecule has 2 aromatic carbocycles. The fourth-order valence-corrected chi connectivity index (χ4v) is 10.9. The third-order valence-electron chi connectivity index (χ3n) is 11.9. The minimum absolute atomic E-state index is 0.0431. The molecule has 2 amide bonds. The minimum Gasteiger partial charge on any atom is -0.490 e. The molecule has 1 spiro atoms. The first-order chi connectivity index (χ1) is 27.9. The Kier molecular flexibility index (Phi) is 12.8. The van der Waals surface area contributed by atoms with Crippen LogP contribution in [0.15, 0.2) is 59.1 Å². The van der Waals surface area contributed by atoms with Crippen molar-refractivity contribution in [2.45, 2.75) is 56.7 Å². The Bertz CT molecular complexity index is 2240. The number of anilines is 1. The molecule has 7 atom stereocenters. The summed E-state index contributed by atoms with van der Waals surface area (Å²) in [7, 11) is 2.51. The van der Waals surface area contributed by atoms with Crippen LogP contribution in [0.4, 0.5) is 5.69 Å². The van der Waals surface area contributed by atoms with Gasteiger partial charge in [-0.15, -0.1) is 9.46 Å². The highest BCUT2D eigenvalue weighted by molar-refractivity contribution is 7.92. The SMILES string of the molecule is COCC#CCO[C@H]1C=C[C@H](OC)[C@@H]2CC[C@H]2CN2C[C@@]3(CCCc4cc(Cl)ccc43)COc3ccc(cc32)C(=O)N=S(=O)(NC(=O)c2cn(C)nc2OC)C[C@H]1C. The van der Waals surface area contributed by atoms with Gasteiger partial charge >= 0.3 is 0 Å². The van der Waals surface area contributed by atoms with Gasteiger partial charge in [-0.3, -0.25) is 19.0 Å². The van der Waals surface area contributed by atoms with Gasteiger partial charge in [-0.25, -0.2) is 4.21 Å². The highest BCUT2D eigenvalue weighted by Gasteiger charge is 2.44. The Morgan fingerprint density at radius 1 is 1.10 bits per heavy atom. The first-order valence-corrected chi connectivity index (χ1v) is 21.8. The van der Waals surface area contributed by atoms with E-state index in [2.05, 4.69) is 43.1 Å². The van der Waals surface area contributed by atoms with E-state index in [1.54, 1.807) is 39.5 Å². The van der Waals surface area contributed by atoms with Crippen molar-refractivity contribution in [3.63, 3.8) is 0 Å². The molecular formula is C43H52ClN5O8S. The Morgan fingerprint density at radius 3 is 2.67 bits per heavy atom. The van der Waals surface area contributed by atoms with Crippen LogP contribution in [0.25, 0.3) is 0 Å². The van der Waals surface area contributed by atoms with E-state index >= 15 is 4.21 Å². The summed E-state index contributed by atoms with van der Waals surface area (Å²) in [4.78, 5) is 30.4. The van der Waals surface area contributed by atoms with Gasteiger partial charge in [-0.05, 0) is 85.4 Å². The fraction of sp³-hybridized carbons (Fsp3) is 0.512. The molecule has 2 aliphatic carbocycles. The Morgan fingerprint density at radius 2 is 1.91 bits per heavy atom. The number of benzene rings is 2. The number of ether oxygens (including phenoxy) is 5. The van der Waals surface area contributed by atoms with Gasteiger partial charge in [0.25, 0.3) is 11.8 Å². The lowest BCUT2D eigenvalue weighted by molar-refractivity contribution is 0.0116. The zero-order chi connectivity index (χ0) is 41.0. The number of nitrogens with zero attached hydrogens (tertiary/aromatic N) is 4. The largest absolute Gasteiger partial charge is 0.490 e. The van der Waals surface area contributed by atoms with E-state index in [9.17, 15) is 9.59 Å². The van der Waals surface area contributed by atoms with Crippen LogP contribution in [0.1, 0.15) is 64.4 Å². The number of halogens is 1. The van der Waals surface area contributed by atoms with Crippen molar-refractivity contribution in [1.29, 1.82) is 0 Å². The molecule has 1 aromatic heterocycles. The van der Waals surface area contributed by atoms with Gasteiger partial charge < -0.3 is 28.6 Å². The highest BCUT2D eigenvalue weighted by atomic mass is 35.5. The molecule has 1 unspecified atom stereocenters. The van der Waals surface area contributed by atoms with Crippen LogP contribution in [0.3, 0.4) is 0 Å². The maximum atomic E-state index is 15.0. The molecule has 1 saturated carbocycles. The second-order valence-corrected chi connectivity index (χ2v) is 18.2. The Balaban J connectivity index is 1.32. The number of aryl methyl sites for hydroxylation is 2. The molecule has 13 nitrogen and oxygen atoms in total. The third-order valence-corrected chi connectivity index (χ3v) is 14.0. The number of methoxy groups -OCH3 is 3. The molecule has 7 rings (SSSR count). The summed E-state index contributed by atoms with van der Waals surface area (Å²) < 4.78 is 52.9. The molecule has 3 aromatic rings. The average Bonchev–Trinajstić information content (AvgIpc) is 3.51. The number of aromatic nitrogens is 2. The first-order valence-electron chi connectivity index (χ1n) is 19.7. The summed E-state index contributed by atoms with van der Waals surface area (Å²) in [5, 5.41) is 4.89. The number of carbonyl (C=O) groups is 2. The summed E-state index contributed by atoms with van der Waals surface area (Å²) in [6.45, 7) is 4.01. The number of hydrogen-bond donors (Lipinski definition) is 1. The molecule has 2 aliphatic heterocycles. The molecule has 0 radical (unpaired) electrons. The molecule has 0 saturated heterocycles. The minimum atomic E-state index is -3.80. The molecule has 1 N–H and O–H groups in total. The number of nitrogens with one attached hydrogen (secondary N) is 1. The molecule has 15 heteroatoms. The molecular weight excluding hydrogens is 782 g/mol. The van der Waals surface area contributed by atoms with E-state index in [0.717, 1.165) is 42.8 Å². The Hall–Kier alpha value is -4.39. The molecule has 58 heavy (non-hydrogen) atoms. The lowest BCUT2D eigenvalue weighted by Crippen LogP contribution is -2.49. The van der Waals surface area contributed by atoms with Crippen molar-refractivity contribution in [3.05, 3.63) is 82.0 Å². The van der Waals surface area contributed by atoms with E-state index < -0.39 is 33.8 Å². The monoisotopic (exact) mass is 833 g/mol. The van der Waals surface area contributed by atoms with Crippen LogP contribution >= 0.6 is 11.6 Å². The lowest BCUT2D eigenvalue weighted by atomic mass is 9.68. The molecule has 4 aliphatic rings. The maximum absolute atomic E-state index is 15.0. The zero-order valence-corrected chi connectivity index (χ0v) is 35.3. The van der Waals surface area contributed by atoms with Crippen molar-refractivity contribution in [1.82, 2.24) is 14.5 Å². The smallest absolute Gasteiger partial charge is 0.286 e. The number of hydrogen-bond acceptors (Lipinski definition) is 10. The summed E-state index contributed by atoms with van der Waals surface area (Å²) >= 11 is 6.49. The fourth-order valence-electron chi connectivity index (χ4n) is 8.83. The summed E-state index contributed by atoms with van der Waals surface area (Å²) in [6, 6.07) is 11.4. The van der Waals surface area contributed by atoms with Gasteiger partial charge in [0.15, 0.2) is 0 Å². The second kappa shape index (κ2) is 17.8. The van der Waals surface area contributed by atoms with Crippen molar-refractivity contribution < 1.29 is 37.5 Å². The van der Waals surface area contributed by atoms with Gasteiger partial charge in [-0.2, -0.15) is 0 Å². The van der Waals surface area contributed by atoms with Gasteiger partial charge in [0, 0.05) is 62.5 Å². The number of amides is 2. The molecule has 1 fully saturated rings. The van der Waals surface area contributed by atoms with E-state index in [1.807, 2.05) is 25.1 Å². The van der Waals surface area contributed by atoms with E-state index in [0.29, 0.717) is 25.4 Å². The first kappa shape index (κ1) is 41.8. The number of rotatable bonds is 7. The van der Waals surface area contributed by atoms with Crippen LogP contribution in [0.5, 0.6) is 11.6 Å². The Labute approximate surface area is 346 Å². The van der Waals surface area contributed by atoms with E-state index in [4.69, 9.17) is 35.3 Å². The molecule has 310 valence electrons. The van der Waals surface area contributed by atoms with Crippen molar-refractivity contribution in [3.8, 4) is 23.5 Å². The van der Waals surface area contributed by atoms with Crippen molar-refractivity contribution >= 4 is 39.0 Å². The van der Waals surface area contributed by atoms with Crippen LogP contribution in [0, 0.1) is 29.6 Å².